The van der Waals surface area contributed by atoms with Crippen molar-refractivity contribution in [2.75, 3.05) is 20.3 Å². The Bertz CT molecular complexity index is 962. The van der Waals surface area contributed by atoms with E-state index in [0.29, 0.717) is 0 Å². The molecular formula is C22H24BrNO6. The minimum atomic E-state index is -1.07. The first-order valence-corrected chi connectivity index (χ1v) is 10.6. The van der Waals surface area contributed by atoms with Crippen LogP contribution in [0.5, 0.6) is 0 Å². The number of carbonyl (C=O) groups excluding carboxylic acids is 3. The molecule has 1 saturated heterocycles. The van der Waals surface area contributed by atoms with Crippen molar-refractivity contribution in [1.29, 1.82) is 0 Å². The lowest BCUT2D eigenvalue weighted by molar-refractivity contribution is -0.162. The van der Waals surface area contributed by atoms with Gasteiger partial charge in [0, 0.05) is 10.5 Å². The zero-order valence-corrected chi connectivity index (χ0v) is 18.6. The van der Waals surface area contributed by atoms with Crippen LogP contribution in [0.15, 0.2) is 40.9 Å². The molecule has 3 rings (SSSR count). The molecule has 2 aromatic carbocycles. The summed E-state index contributed by atoms with van der Waals surface area (Å²) in [4.78, 5) is 38.2. The molecule has 1 fully saturated rings. The van der Waals surface area contributed by atoms with Crippen molar-refractivity contribution in [2.24, 2.45) is 11.8 Å². The summed E-state index contributed by atoms with van der Waals surface area (Å²) in [5, 5.41) is 5.11. The van der Waals surface area contributed by atoms with Gasteiger partial charge in [0.1, 0.15) is 6.04 Å². The molecule has 0 amide bonds. The Morgan fingerprint density at radius 2 is 1.57 bits per heavy atom. The van der Waals surface area contributed by atoms with Gasteiger partial charge in [0.2, 0.25) is 0 Å². The standard InChI is InChI=1S/C22H24BrNO6/c1-4-29-20(25)15-16(21(26)30-5-2)19(22(27)28-3)24-18(15)14-11-10-12-8-6-7-9-13(12)17(14)23/h6-11,15-16,18-19,24H,4-5H2,1-3H3/t15-,16+,18+,19+/m0/s1. The predicted octanol–water partition coefficient (Wildman–Crippen LogP) is 3.15. The van der Waals surface area contributed by atoms with Gasteiger partial charge in [0.05, 0.1) is 32.2 Å². The number of carbonyl (C=O) groups is 3. The molecule has 2 aromatic rings. The molecule has 30 heavy (non-hydrogen) atoms. The Hall–Kier alpha value is -2.45. The van der Waals surface area contributed by atoms with Crippen molar-refractivity contribution in [3.8, 4) is 0 Å². The average Bonchev–Trinajstić information content (AvgIpc) is 3.14. The molecule has 0 aromatic heterocycles. The Balaban J connectivity index is 2.13. The molecule has 4 atom stereocenters. The van der Waals surface area contributed by atoms with Gasteiger partial charge in [-0.3, -0.25) is 19.7 Å². The molecule has 160 valence electrons. The normalized spacial score (nSPS) is 23.2. The van der Waals surface area contributed by atoms with Gasteiger partial charge in [-0.1, -0.05) is 36.4 Å². The summed E-state index contributed by atoms with van der Waals surface area (Å²) in [6, 6.07) is 9.91. The average molecular weight is 478 g/mol. The molecule has 0 radical (unpaired) electrons. The van der Waals surface area contributed by atoms with Crippen LogP contribution in [-0.2, 0) is 28.6 Å². The first-order chi connectivity index (χ1) is 14.4. The van der Waals surface area contributed by atoms with Gasteiger partial charge in [0.25, 0.3) is 0 Å². The third-order valence-electron chi connectivity index (χ3n) is 5.27. The highest BCUT2D eigenvalue weighted by atomic mass is 79.9. The smallest absolute Gasteiger partial charge is 0.323 e. The van der Waals surface area contributed by atoms with Crippen LogP contribution in [0.25, 0.3) is 10.8 Å². The zero-order chi connectivity index (χ0) is 21.8. The van der Waals surface area contributed by atoms with Crippen molar-refractivity contribution in [3.63, 3.8) is 0 Å². The summed E-state index contributed by atoms with van der Waals surface area (Å²) in [7, 11) is 1.24. The van der Waals surface area contributed by atoms with Crippen molar-refractivity contribution in [2.45, 2.75) is 25.9 Å². The second-order valence-electron chi connectivity index (χ2n) is 6.89. The van der Waals surface area contributed by atoms with Gasteiger partial charge < -0.3 is 14.2 Å². The van der Waals surface area contributed by atoms with E-state index in [1.165, 1.54) is 7.11 Å². The van der Waals surface area contributed by atoms with E-state index in [0.717, 1.165) is 20.8 Å². The van der Waals surface area contributed by atoms with Crippen molar-refractivity contribution in [3.05, 3.63) is 46.4 Å². The summed E-state index contributed by atoms with van der Waals surface area (Å²) >= 11 is 3.64. The predicted molar refractivity (Wildman–Crippen MR) is 114 cm³/mol. The van der Waals surface area contributed by atoms with Crippen molar-refractivity contribution in [1.82, 2.24) is 5.32 Å². The number of rotatable bonds is 6. The largest absolute Gasteiger partial charge is 0.468 e. The lowest BCUT2D eigenvalue weighted by atomic mass is 9.84. The van der Waals surface area contributed by atoms with Crippen LogP contribution >= 0.6 is 15.9 Å². The molecule has 0 spiro atoms. The number of halogens is 1. The van der Waals surface area contributed by atoms with Crippen molar-refractivity contribution < 1.29 is 28.6 Å². The second-order valence-corrected chi connectivity index (χ2v) is 7.68. The van der Waals surface area contributed by atoms with E-state index in [1.54, 1.807) is 13.8 Å². The van der Waals surface area contributed by atoms with E-state index in [9.17, 15) is 14.4 Å². The van der Waals surface area contributed by atoms with Crippen LogP contribution in [0, 0.1) is 11.8 Å². The van der Waals surface area contributed by atoms with Gasteiger partial charge in [0.15, 0.2) is 0 Å². The van der Waals surface area contributed by atoms with E-state index in [1.807, 2.05) is 36.4 Å². The van der Waals surface area contributed by atoms with Crippen LogP contribution in [0.3, 0.4) is 0 Å². The lowest BCUT2D eigenvalue weighted by Crippen LogP contribution is -2.42. The molecule has 1 aliphatic heterocycles. The third-order valence-corrected chi connectivity index (χ3v) is 6.15. The summed E-state index contributed by atoms with van der Waals surface area (Å²) < 4.78 is 16.1. The number of fused-ring (bicyclic) bond motifs is 1. The number of esters is 3. The fourth-order valence-corrected chi connectivity index (χ4v) is 4.71. The maximum absolute atomic E-state index is 12.9. The van der Waals surface area contributed by atoms with E-state index in [4.69, 9.17) is 14.2 Å². The Morgan fingerprint density at radius 3 is 2.20 bits per heavy atom. The van der Waals surface area contributed by atoms with Gasteiger partial charge in [-0.2, -0.15) is 0 Å². The quantitative estimate of drug-likeness (QED) is 0.504. The highest BCUT2D eigenvalue weighted by Crippen LogP contribution is 2.43. The maximum atomic E-state index is 12.9. The van der Waals surface area contributed by atoms with Crippen LogP contribution in [0.4, 0.5) is 0 Å². The second kappa shape index (κ2) is 9.57. The summed E-state index contributed by atoms with van der Waals surface area (Å²) in [5.74, 6) is -3.87. The Kier molecular flexibility index (Phi) is 7.10. The molecule has 0 aliphatic carbocycles. The van der Waals surface area contributed by atoms with Crippen LogP contribution in [0.1, 0.15) is 25.5 Å². The van der Waals surface area contributed by atoms with E-state index >= 15 is 0 Å². The number of hydrogen-bond acceptors (Lipinski definition) is 7. The van der Waals surface area contributed by atoms with Crippen LogP contribution < -0.4 is 5.32 Å². The molecule has 0 bridgehead atoms. The first-order valence-electron chi connectivity index (χ1n) is 9.78. The molecule has 7 nitrogen and oxygen atoms in total. The van der Waals surface area contributed by atoms with Gasteiger partial charge in [-0.05, 0) is 46.1 Å². The third kappa shape index (κ3) is 4.06. The molecule has 1 aliphatic rings. The first kappa shape index (κ1) is 22.2. The van der Waals surface area contributed by atoms with E-state index < -0.39 is 41.8 Å². The molecule has 0 unspecified atom stereocenters. The Labute approximate surface area is 183 Å². The van der Waals surface area contributed by atoms with E-state index in [-0.39, 0.29) is 13.2 Å². The monoisotopic (exact) mass is 477 g/mol. The molecule has 1 N–H and O–H groups in total. The van der Waals surface area contributed by atoms with E-state index in [2.05, 4.69) is 21.2 Å². The van der Waals surface area contributed by atoms with Gasteiger partial charge in [-0.15, -0.1) is 0 Å². The highest BCUT2D eigenvalue weighted by molar-refractivity contribution is 9.10. The highest BCUT2D eigenvalue weighted by Gasteiger charge is 2.55. The Morgan fingerprint density at radius 1 is 0.933 bits per heavy atom. The molecule has 1 heterocycles. The topological polar surface area (TPSA) is 90.9 Å². The summed E-state index contributed by atoms with van der Waals surface area (Å²) in [6.45, 7) is 3.64. The van der Waals surface area contributed by atoms with Crippen LogP contribution in [-0.4, -0.2) is 44.3 Å². The number of hydrogen-bond donors (Lipinski definition) is 1. The SMILES string of the molecule is CCOC(=O)[C@@H]1[C@H](C(=O)OCC)[C@@H](c2ccc3ccccc3c2Br)N[C@H]1C(=O)OC. The maximum Gasteiger partial charge on any atom is 0.323 e. The number of methoxy groups -OCH3 is 1. The number of nitrogens with one attached hydrogen (secondary N) is 1. The zero-order valence-electron chi connectivity index (χ0n) is 17.0. The molecular weight excluding hydrogens is 454 g/mol. The lowest BCUT2D eigenvalue weighted by Gasteiger charge is -2.23. The molecule has 0 saturated carbocycles. The summed E-state index contributed by atoms with van der Waals surface area (Å²) in [6.07, 6.45) is 0. The van der Waals surface area contributed by atoms with Crippen molar-refractivity contribution >= 4 is 44.6 Å². The van der Waals surface area contributed by atoms with Gasteiger partial charge >= 0.3 is 17.9 Å². The number of ether oxygens (including phenoxy) is 3. The fourth-order valence-electron chi connectivity index (χ4n) is 3.97. The number of benzene rings is 2. The summed E-state index contributed by atoms with van der Waals surface area (Å²) in [5.41, 5.74) is 0.743. The molecule has 8 heteroatoms. The minimum Gasteiger partial charge on any atom is -0.468 e. The van der Waals surface area contributed by atoms with Gasteiger partial charge in [-0.25, -0.2) is 0 Å². The fraction of sp³-hybridized carbons (Fsp3) is 0.409. The van der Waals surface area contributed by atoms with Crippen LogP contribution in [0.2, 0.25) is 0 Å². The minimum absolute atomic E-state index is 0.128.